The summed E-state index contributed by atoms with van der Waals surface area (Å²) in [4.78, 5) is 0. The van der Waals surface area contributed by atoms with Crippen LogP contribution in [0.15, 0.2) is 36.0 Å². The number of hydrogen-bond acceptors (Lipinski definition) is 0. The van der Waals surface area contributed by atoms with E-state index in [1.54, 1.807) is 12.2 Å². The zero-order chi connectivity index (χ0) is 6.69. The minimum atomic E-state index is -0.904. The number of allylic oxidation sites excluding steroid dienone is 6. The van der Waals surface area contributed by atoms with E-state index in [-0.39, 0.29) is 0 Å². The maximum absolute atomic E-state index is 12.4. The van der Waals surface area contributed by atoms with E-state index < -0.39 is 6.17 Å². The largest absolute Gasteiger partial charge is 0.238 e. The van der Waals surface area contributed by atoms with E-state index in [4.69, 9.17) is 0 Å². The van der Waals surface area contributed by atoms with Crippen molar-refractivity contribution in [1.82, 2.24) is 0 Å². The van der Waals surface area contributed by atoms with Gasteiger partial charge >= 0.3 is 0 Å². The number of rotatable bonds is 0. The van der Waals surface area contributed by atoms with Gasteiger partial charge in [0.1, 0.15) is 6.17 Å². The van der Waals surface area contributed by atoms with Crippen molar-refractivity contribution >= 4 is 0 Å². The van der Waals surface area contributed by atoms with E-state index in [1.165, 1.54) is 12.2 Å². The van der Waals surface area contributed by atoms with Gasteiger partial charge in [0.25, 0.3) is 0 Å². The van der Waals surface area contributed by atoms with E-state index in [1.807, 2.05) is 13.0 Å². The molecule has 9 heavy (non-hydrogen) atoms. The summed E-state index contributed by atoms with van der Waals surface area (Å²) >= 11 is 0. The SMILES string of the molecule is CC1=CC=C[C@H](F)C=C1. The first kappa shape index (κ1) is 6.27. The van der Waals surface area contributed by atoms with Gasteiger partial charge in [-0.25, -0.2) is 4.39 Å². The Labute approximate surface area is 54.4 Å². The number of alkyl halides is 1. The van der Waals surface area contributed by atoms with Crippen molar-refractivity contribution in [2.45, 2.75) is 13.1 Å². The molecular formula is C8H9F. The fraction of sp³-hybridized carbons (Fsp3) is 0.250. The van der Waals surface area contributed by atoms with Crippen LogP contribution in [0.25, 0.3) is 0 Å². The second kappa shape index (κ2) is 2.62. The van der Waals surface area contributed by atoms with Crippen molar-refractivity contribution < 1.29 is 4.39 Å². The molecule has 0 spiro atoms. The van der Waals surface area contributed by atoms with Crippen LogP contribution in [0.3, 0.4) is 0 Å². The Morgan fingerprint density at radius 3 is 3.00 bits per heavy atom. The quantitative estimate of drug-likeness (QED) is 0.465. The molecule has 0 heterocycles. The molecular weight excluding hydrogens is 115 g/mol. The third-order valence-corrected chi connectivity index (χ3v) is 1.20. The Morgan fingerprint density at radius 2 is 2.22 bits per heavy atom. The second-order valence-corrected chi connectivity index (χ2v) is 2.10. The van der Waals surface area contributed by atoms with Gasteiger partial charge in [0.2, 0.25) is 0 Å². The van der Waals surface area contributed by atoms with Gasteiger partial charge in [0.05, 0.1) is 0 Å². The van der Waals surface area contributed by atoms with Crippen LogP contribution in [0.1, 0.15) is 6.92 Å². The molecule has 1 rings (SSSR count). The average molecular weight is 124 g/mol. The molecule has 0 amide bonds. The lowest BCUT2D eigenvalue weighted by Gasteiger charge is -1.87. The van der Waals surface area contributed by atoms with Crippen LogP contribution in [0, 0.1) is 0 Å². The first-order valence-electron chi connectivity index (χ1n) is 2.96. The van der Waals surface area contributed by atoms with Gasteiger partial charge in [-0.05, 0) is 19.1 Å². The van der Waals surface area contributed by atoms with E-state index in [2.05, 4.69) is 0 Å². The molecule has 1 aliphatic rings. The lowest BCUT2D eigenvalue weighted by Crippen LogP contribution is -1.84. The molecule has 0 saturated heterocycles. The summed E-state index contributed by atoms with van der Waals surface area (Å²) in [6.45, 7) is 1.94. The molecule has 1 atom stereocenters. The molecule has 48 valence electrons. The Morgan fingerprint density at radius 1 is 1.44 bits per heavy atom. The first-order valence-corrected chi connectivity index (χ1v) is 2.96. The van der Waals surface area contributed by atoms with E-state index in [0.29, 0.717) is 0 Å². The van der Waals surface area contributed by atoms with Gasteiger partial charge in [0, 0.05) is 0 Å². The number of hydrogen-bond donors (Lipinski definition) is 0. The van der Waals surface area contributed by atoms with Gasteiger partial charge in [-0.3, -0.25) is 0 Å². The van der Waals surface area contributed by atoms with Gasteiger partial charge in [-0.1, -0.05) is 23.8 Å². The highest BCUT2D eigenvalue weighted by molar-refractivity contribution is 5.27. The summed E-state index contributed by atoms with van der Waals surface area (Å²) in [5.41, 5.74) is 1.09. The topological polar surface area (TPSA) is 0 Å². The van der Waals surface area contributed by atoms with Gasteiger partial charge < -0.3 is 0 Å². The molecule has 1 aliphatic carbocycles. The Kier molecular flexibility index (Phi) is 1.83. The predicted octanol–water partition coefficient (Wildman–Crippen LogP) is 2.40. The summed E-state index contributed by atoms with van der Waals surface area (Å²) in [7, 11) is 0. The van der Waals surface area contributed by atoms with Crippen molar-refractivity contribution in [3.63, 3.8) is 0 Å². The molecule has 0 fully saturated rings. The summed E-state index contributed by atoms with van der Waals surface area (Å²) < 4.78 is 12.4. The minimum absolute atomic E-state index is 0.904. The third-order valence-electron chi connectivity index (χ3n) is 1.20. The van der Waals surface area contributed by atoms with Gasteiger partial charge in [0.15, 0.2) is 0 Å². The molecule has 1 heteroatoms. The van der Waals surface area contributed by atoms with E-state index in [9.17, 15) is 4.39 Å². The van der Waals surface area contributed by atoms with Crippen LogP contribution in [0.4, 0.5) is 4.39 Å². The summed E-state index contributed by atoms with van der Waals surface area (Å²) in [5, 5.41) is 0. The van der Waals surface area contributed by atoms with Crippen LogP contribution >= 0.6 is 0 Å². The van der Waals surface area contributed by atoms with Crippen LogP contribution in [0.5, 0.6) is 0 Å². The molecule has 0 aromatic rings. The molecule has 0 radical (unpaired) electrons. The van der Waals surface area contributed by atoms with Crippen molar-refractivity contribution in [3.8, 4) is 0 Å². The van der Waals surface area contributed by atoms with Crippen molar-refractivity contribution in [2.24, 2.45) is 0 Å². The maximum Gasteiger partial charge on any atom is 0.137 e. The lowest BCUT2D eigenvalue weighted by molar-refractivity contribution is 0.469. The average Bonchev–Trinajstić information content (AvgIpc) is 1.97. The predicted molar refractivity (Wildman–Crippen MR) is 36.9 cm³/mol. The second-order valence-electron chi connectivity index (χ2n) is 2.10. The molecule has 0 aromatic carbocycles. The fourth-order valence-electron chi connectivity index (χ4n) is 0.677. The zero-order valence-electron chi connectivity index (χ0n) is 5.34. The number of halogens is 1. The van der Waals surface area contributed by atoms with E-state index in [0.717, 1.165) is 5.57 Å². The fourth-order valence-corrected chi connectivity index (χ4v) is 0.677. The minimum Gasteiger partial charge on any atom is -0.238 e. The molecule has 0 N–H and O–H groups in total. The highest BCUT2D eigenvalue weighted by atomic mass is 19.1. The molecule has 0 bridgehead atoms. The Balaban J connectivity index is 2.75. The zero-order valence-corrected chi connectivity index (χ0v) is 5.34. The standard InChI is InChI=1S/C8H9F/c1-7-3-2-4-8(9)6-5-7/h2-6,8H,1H3/t8-/m0/s1. The Hall–Kier alpha value is -0.850. The third kappa shape index (κ3) is 1.84. The van der Waals surface area contributed by atoms with Crippen LogP contribution in [-0.4, -0.2) is 6.17 Å². The Bertz CT molecular complexity index is 175. The molecule has 0 saturated carbocycles. The maximum atomic E-state index is 12.4. The molecule has 0 aliphatic heterocycles. The van der Waals surface area contributed by atoms with Crippen molar-refractivity contribution in [3.05, 3.63) is 36.0 Å². The molecule has 0 nitrogen and oxygen atoms in total. The molecule has 0 aromatic heterocycles. The van der Waals surface area contributed by atoms with Crippen LogP contribution in [-0.2, 0) is 0 Å². The normalized spacial score (nSPS) is 25.6. The van der Waals surface area contributed by atoms with Crippen molar-refractivity contribution in [1.29, 1.82) is 0 Å². The van der Waals surface area contributed by atoms with E-state index >= 15 is 0 Å². The highest BCUT2D eigenvalue weighted by Crippen LogP contribution is 2.05. The van der Waals surface area contributed by atoms with Crippen LogP contribution < -0.4 is 0 Å². The summed E-state index contributed by atoms with van der Waals surface area (Å²) in [6.07, 6.45) is 7.56. The van der Waals surface area contributed by atoms with Gasteiger partial charge in [-0.15, -0.1) is 0 Å². The first-order chi connectivity index (χ1) is 4.29. The monoisotopic (exact) mass is 124 g/mol. The van der Waals surface area contributed by atoms with Gasteiger partial charge in [-0.2, -0.15) is 0 Å². The summed E-state index contributed by atoms with van der Waals surface area (Å²) in [5.74, 6) is 0. The highest BCUT2D eigenvalue weighted by Gasteiger charge is 1.95. The summed E-state index contributed by atoms with van der Waals surface area (Å²) in [6, 6.07) is 0. The van der Waals surface area contributed by atoms with Crippen LogP contribution in [0.2, 0.25) is 0 Å². The molecule has 0 unspecified atom stereocenters. The lowest BCUT2D eigenvalue weighted by atomic mass is 10.3. The smallest absolute Gasteiger partial charge is 0.137 e. The van der Waals surface area contributed by atoms with Crippen molar-refractivity contribution in [2.75, 3.05) is 0 Å².